The monoisotopic (exact) mass is 406 g/mol. The van der Waals surface area contributed by atoms with Crippen molar-refractivity contribution in [3.8, 4) is 11.5 Å². The van der Waals surface area contributed by atoms with Gasteiger partial charge in [-0.3, -0.25) is 0 Å². The van der Waals surface area contributed by atoms with Crippen LogP contribution in [-0.4, -0.2) is 37.6 Å². The van der Waals surface area contributed by atoms with E-state index in [-0.39, 0.29) is 0 Å². The van der Waals surface area contributed by atoms with E-state index in [4.69, 9.17) is 19.1 Å². The van der Waals surface area contributed by atoms with Gasteiger partial charge in [-0.1, -0.05) is 10.3 Å². The van der Waals surface area contributed by atoms with Crippen molar-refractivity contribution in [1.82, 2.24) is 0 Å². The topological polar surface area (TPSA) is 95.8 Å². The Labute approximate surface area is 172 Å². The van der Waals surface area contributed by atoms with E-state index in [0.717, 1.165) is 0 Å². The third kappa shape index (κ3) is 5.41. The summed E-state index contributed by atoms with van der Waals surface area (Å²) in [6.07, 6.45) is 6.28. The van der Waals surface area contributed by atoms with E-state index >= 15 is 0 Å². The van der Waals surface area contributed by atoms with E-state index < -0.39 is 11.9 Å². The molecule has 0 spiro atoms. The van der Waals surface area contributed by atoms with E-state index in [0.29, 0.717) is 34.0 Å². The number of benzene rings is 2. The molecule has 2 aromatic carbocycles. The predicted octanol–water partition coefficient (Wildman–Crippen LogP) is 3.56. The van der Waals surface area contributed by atoms with Crippen LogP contribution in [0.4, 0.5) is 0 Å². The van der Waals surface area contributed by atoms with Crippen LogP contribution in [0, 0.1) is 0 Å². The number of hydrogen-bond donors (Lipinski definition) is 0. The van der Waals surface area contributed by atoms with Crippen LogP contribution in [0.5, 0.6) is 11.5 Å². The Morgan fingerprint density at radius 2 is 0.933 bits per heavy atom. The maximum atomic E-state index is 12.0. The van der Waals surface area contributed by atoms with Gasteiger partial charge < -0.3 is 19.1 Å². The maximum Gasteiger partial charge on any atom is 0.365 e. The number of carbonyl (C=O) groups excluding carboxylic acids is 2. The molecule has 3 rings (SSSR count). The van der Waals surface area contributed by atoms with Crippen LogP contribution in [0.15, 0.2) is 83.1 Å². The van der Waals surface area contributed by atoms with Gasteiger partial charge in [-0.15, -0.1) is 0 Å². The van der Waals surface area contributed by atoms with E-state index in [1.165, 1.54) is 0 Å². The summed E-state index contributed by atoms with van der Waals surface area (Å²) in [7, 11) is 3.08. The van der Waals surface area contributed by atoms with Gasteiger partial charge in [0.25, 0.3) is 0 Å². The molecule has 0 amide bonds. The van der Waals surface area contributed by atoms with Crippen molar-refractivity contribution in [1.29, 1.82) is 0 Å². The zero-order chi connectivity index (χ0) is 21.3. The molecule has 1 aliphatic rings. The minimum absolute atomic E-state index is 0.344. The number of carbonyl (C=O) groups is 2. The van der Waals surface area contributed by atoms with Crippen molar-refractivity contribution in [3.05, 3.63) is 84.0 Å². The lowest BCUT2D eigenvalue weighted by molar-refractivity contribution is 0.0508. The second kappa shape index (κ2) is 9.83. The van der Waals surface area contributed by atoms with Gasteiger partial charge >= 0.3 is 11.9 Å². The summed E-state index contributed by atoms with van der Waals surface area (Å²) in [5, 5.41) is 7.57. The molecule has 0 saturated carbocycles. The SMILES string of the molecule is COc1ccc(C(=O)ON=C2C=CC(=NOC(=O)c3ccc(OC)cc3)C=C2)cc1. The predicted molar refractivity (Wildman–Crippen MR) is 110 cm³/mol. The zero-order valence-corrected chi connectivity index (χ0v) is 16.3. The highest BCUT2D eigenvalue weighted by molar-refractivity contribution is 6.18. The van der Waals surface area contributed by atoms with Crippen LogP contribution < -0.4 is 9.47 Å². The van der Waals surface area contributed by atoms with Crippen molar-refractivity contribution in [2.45, 2.75) is 0 Å². The van der Waals surface area contributed by atoms with E-state index in [1.54, 1.807) is 87.1 Å². The van der Waals surface area contributed by atoms with Gasteiger partial charge in [0.2, 0.25) is 0 Å². The Balaban J connectivity index is 1.54. The molecule has 1 aliphatic carbocycles. The molecule has 0 unspecified atom stereocenters. The zero-order valence-electron chi connectivity index (χ0n) is 16.3. The fourth-order valence-electron chi connectivity index (χ4n) is 2.32. The third-order valence-electron chi connectivity index (χ3n) is 3.97. The summed E-state index contributed by atoms with van der Waals surface area (Å²) in [6.45, 7) is 0. The Morgan fingerprint density at radius 1 is 0.600 bits per heavy atom. The summed E-state index contributed by atoms with van der Waals surface area (Å²) >= 11 is 0. The first-order valence-electron chi connectivity index (χ1n) is 8.82. The Morgan fingerprint density at radius 3 is 1.23 bits per heavy atom. The first kappa shape index (κ1) is 20.5. The smallest absolute Gasteiger partial charge is 0.365 e. The maximum absolute atomic E-state index is 12.0. The summed E-state index contributed by atoms with van der Waals surface area (Å²) in [5.74, 6) is 0.0747. The molecule has 0 fully saturated rings. The van der Waals surface area contributed by atoms with Crippen LogP contribution in [0.3, 0.4) is 0 Å². The van der Waals surface area contributed by atoms with Gasteiger partial charge in [0.15, 0.2) is 0 Å². The third-order valence-corrected chi connectivity index (χ3v) is 3.97. The lowest BCUT2D eigenvalue weighted by Crippen LogP contribution is -2.07. The quantitative estimate of drug-likeness (QED) is 0.414. The van der Waals surface area contributed by atoms with Crippen LogP contribution in [0.25, 0.3) is 0 Å². The number of nitrogens with zero attached hydrogens (tertiary/aromatic N) is 2. The second-order valence-corrected chi connectivity index (χ2v) is 5.91. The molecule has 0 radical (unpaired) electrons. The molecular weight excluding hydrogens is 388 g/mol. The van der Waals surface area contributed by atoms with Crippen molar-refractivity contribution in [3.63, 3.8) is 0 Å². The highest BCUT2D eigenvalue weighted by atomic mass is 16.7. The summed E-state index contributed by atoms with van der Waals surface area (Å²) in [6, 6.07) is 12.9. The lowest BCUT2D eigenvalue weighted by atomic mass is 10.1. The number of oxime groups is 2. The number of allylic oxidation sites excluding steroid dienone is 4. The molecule has 8 nitrogen and oxygen atoms in total. The Bertz CT molecular complexity index is 933. The molecular formula is C22H18N2O6. The average Bonchev–Trinajstić information content (AvgIpc) is 2.81. The number of rotatable bonds is 6. The van der Waals surface area contributed by atoms with Gasteiger partial charge in [-0.05, 0) is 72.8 Å². The molecule has 0 aliphatic heterocycles. The largest absolute Gasteiger partial charge is 0.497 e. The normalized spacial score (nSPS) is 12.2. The number of methoxy groups -OCH3 is 2. The van der Waals surface area contributed by atoms with E-state index in [9.17, 15) is 9.59 Å². The Hall–Kier alpha value is -4.20. The van der Waals surface area contributed by atoms with Crippen molar-refractivity contribution in [2.24, 2.45) is 10.3 Å². The summed E-state index contributed by atoms with van der Waals surface area (Å²) in [4.78, 5) is 33.8. The molecule has 152 valence electrons. The van der Waals surface area contributed by atoms with Crippen LogP contribution in [0.1, 0.15) is 20.7 Å². The molecule has 0 aromatic heterocycles. The average molecular weight is 406 g/mol. The molecule has 0 bridgehead atoms. The van der Waals surface area contributed by atoms with Crippen LogP contribution >= 0.6 is 0 Å². The standard InChI is InChI=1S/C22H18N2O6/c1-27-19-11-3-15(4-12-19)21(25)29-23-17-7-9-18(10-8-17)24-30-22(26)16-5-13-20(28-2)14-6-16/h3-14H,1-2H3. The van der Waals surface area contributed by atoms with E-state index in [1.807, 2.05) is 0 Å². The first-order chi connectivity index (χ1) is 14.6. The summed E-state index contributed by atoms with van der Waals surface area (Å²) in [5.41, 5.74) is 1.49. The van der Waals surface area contributed by atoms with Crippen molar-refractivity contribution < 1.29 is 28.7 Å². The molecule has 8 heteroatoms. The fraction of sp³-hybridized carbons (Fsp3) is 0.0909. The molecule has 0 N–H and O–H groups in total. The Kier molecular flexibility index (Phi) is 6.73. The highest BCUT2D eigenvalue weighted by Crippen LogP contribution is 2.13. The van der Waals surface area contributed by atoms with Gasteiger partial charge in [0, 0.05) is 0 Å². The lowest BCUT2D eigenvalue weighted by Gasteiger charge is -2.04. The summed E-state index contributed by atoms with van der Waals surface area (Å²) < 4.78 is 10.1. The fourth-order valence-corrected chi connectivity index (χ4v) is 2.32. The minimum atomic E-state index is -0.597. The van der Waals surface area contributed by atoms with Crippen molar-refractivity contribution in [2.75, 3.05) is 14.2 Å². The molecule has 0 saturated heterocycles. The van der Waals surface area contributed by atoms with Gasteiger partial charge in [0.1, 0.15) is 22.9 Å². The molecule has 30 heavy (non-hydrogen) atoms. The first-order valence-corrected chi connectivity index (χ1v) is 8.82. The molecule has 0 atom stereocenters. The van der Waals surface area contributed by atoms with E-state index in [2.05, 4.69) is 10.3 Å². The second-order valence-electron chi connectivity index (χ2n) is 5.91. The minimum Gasteiger partial charge on any atom is -0.497 e. The van der Waals surface area contributed by atoms with Gasteiger partial charge in [-0.2, -0.15) is 0 Å². The van der Waals surface area contributed by atoms with Crippen LogP contribution in [-0.2, 0) is 9.68 Å². The molecule has 0 heterocycles. The van der Waals surface area contributed by atoms with Gasteiger partial charge in [0.05, 0.1) is 25.3 Å². The number of ether oxygens (including phenoxy) is 2. The van der Waals surface area contributed by atoms with Crippen LogP contribution in [0.2, 0.25) is 0 Å². The van der Waals surface area contributed by atoms with Crippen molar-refractivity contribution >= 4 is 23.4 Å². The number of hydrogen-bond acceptors (Lipinski definition) is 8. The van der Waals surface area contributed by atoms with Gasteiger partial charge in [-0.25, -0.2) is 9.59 Å². The highest BCUT2D eigenvalue weighted by Gasteiger charge is 2.10. The molecule has 2 aromatic rings.